The van der Waals surface area contributed by atoms with Crippen molar-refractivity contribution in [3.8, 4) is 0 Å². The molecule has 2 unspecified atom stereocenters. The first-order chi connectivity index (χ1) is 8.58. The lowest BCUT2D eigenvalue weighted by molar-refractivity contribution is 0.0945. The molecule has 18 heavy (non-hydrogen) atoms. The van der Waals surface area contributed by atoms with Crippen LogP contribution in [0.3, 0.4) is 0 Å². The number of hydrogen-bond donors (Lipinski definition) is 2. The smallest absolute Gasteiger partial charge is 0.253 e. The van der Waals surface area contributed by atoms with Crippen LogP contribution in [0.2, 0.25) is 0 Å². The molecule has 2 rings (SSSR count). The van der Waals surface area contributed by atoms with E-state index < -0.39 is 0 Å². The molecule has 1 heterocycles. The molecular weight excluding hydrogens is 226 g/mol. The second kappa shape index (κ2) is 5.48. The maximum Gasteiger partial charge on any atom is 0.253 e. The summed E-state index contributed by atoms with van der Waals surface area (Å²) < 4.78 is 0. The molecule has 1 amide bonds. The van der Waals surface area contributed by atoms with E-state index in [1.54, 1.807) is 0 Å². The fraction of sp³-hybridized carbons (Fsp3) is 0.571. The number of rotatable bonds is 3. The van der Waals surface area contributed by atoms with Gasteiger partial charge < -0.3 is 11.1 Å². The predicted molar refractivity (Wildman–Crippen MR) is 71.4 cm³/mol. The minimum atomic E-state index is -0.0425. The zero-order valence-electron chi connectivity index (χ0n) is 11.1. The normalized spacial score (nSPS) is 23.1. The van der Waals surface area contributed by atoms with Gasteiger partial charge in [-0.2, -0.15) is 0 Å². The summed E-state index contributed by atoms with van der Waals surface area (Å²) in [5, 5.41) is 2.97. The summed E-state index contributed by atoms with van der Waals surface area (Å²) in [6.45, 7) is 4.46. The monoisotopic (exact) mass is 247 g/mol. The number of carbonyl (C=O) groups is 1. The van der Waals surface area contributed by atoms with Gasteiger partial charge in [0, 0.05) is 18.3 Å². The SMILES string of the molecule is Cc1ccc(C(=O)NCC2CCCC2N)c(C)n1. The summed E-state index contributed by atoms with van der Waals surface area (Å²) in [6.07, 6.45) is 3.37. The number of carbonyl (C=O) groups excluding carboxylic acids is 1. The van der Waals surface area contributed by atoms with E-state index in [-0.39, 0.29) is 11.9 Å². The van der Waals surface area contributed by atoms with E-state index in [9.17, 15) is 4.79 Å². The lowest BCUT2D eigenvalue weighted by atomic mass is 10.0. The molecule has 0 saturated heterocycles. The Hall–Kier alpha value is -1.42. The van der Waals surface area contributed by atoms with Crippen LogP contribution in [-0.4, -0.2) is 23.5 Å². The van der Waals surface area contributed by atoms with Gasteiger partial charge in [0.15, 0.2) is 0 Å². The highest BCUT2D eigenvalue weighted by molar-refractivity contribution is 5.95. The van der Waals surface area contributed by atoms with Crippen LogP contribution < -0.4 is 11.1 Å². The second-order valence-corrected chi connectivity index (χ2v) is 5.15. The molecule has 1 saturated carbocycles. The molecule has 1 aromatic rings. The highest BCUT2D eigenvalue weighted by atomic mass is 16.1. The first kappa shape index (κ1) is 13.0. The number of nitrogens with one attached hydrogen (secondary N) is 1. The van der Waals surface area contributed by atoms with E-state index in [4.69, 9.17) is 5.73 Å². The third-order valence-corrected chi connectivity index (χ3v) is 3.71. The van der Waals surface area contributed by atoms with E-state index >= 15 is 0 Å². The number of nitrogens with two attached hydrogens (primary N) is 1. The van der Waals surface area contributed by atoms with E-state index in [1.807, 2.05) is 26.0 Å². The van der Waals surface area contributed by atoms with Crippen molar-refractivity contribution in [2.24, 2.45) is 11.7 Å². The lowest BCUT2D eigenvalue weighted by Gasteiger charge is -2.16. The van der Waals surface area contributed by atoms with Crippen LogP contribution in [0.1, 0.15) is 41.0 Å². The Morgan fingerprint density at radius 1 is 1.44 bits per heavy atom. The molecule has 1 fully saturated rings. The molecule has 1 aromatic heterocycles. The van der Waals surface area contributed by atoms with E-state index in [0.717, 1.165) is 24.2 Å². The molecule has 0 aromatic carbocycles. The number of aromatic nitrogens is 1. The summed E-state index contributed by atoms with van der Waals surface area (Å²) in [6, 6.07) is 3.94. The van der Waals surface area contributed by atoms with Crippen molar-refractivity contribution in [3.63, 3.8) is 0 Å². The maximum atomic E-state index is 12.0. The van der Waals surface area contributed by atoms with E-state index in [0.29, 0.717) is 18.0 Å². The van der Waals surface area contributed by atoms with Crippen LogP contribution in [0, 0.1) is 19.8 Å². The van der Waals surface area contributed by atoms with E-state index in [2.05, 4.69) is 10.3 Å². The van der Waals surface area contributed by atoms with Crippen molar-refractivity contribution >= 4 is 5.91 Å². The number of nitrogens with zero attached hydrogens (tertiary/aromatic N) is 1. The summed E-state index contributed by atoms with van der Waals surface area (Å²) in [5.41, 5.74) is 8.36. The molecule has 2 atom stereocenters. The van der Waals surface area contributed by atoms with Crippen molar-refractivity contribution in [3.05, 3.63) is 29.1 Å². The lowest BCUT2D eigenvalue weighted by Crippen LogP contribution is -2.36. The summed E-state index contributed by atoms with van der Waals surface area (Å²) >= 11 is 0. The number of amides is 1. The molecule has 1 aliphatic rings. The molecule has 0 bridgehead atoms. The Morgan fingerprint density at radius 2 is 2.22 bits per heavy atom. The van der Waals surface area contributed by atoms with Crippen molar-refractivity contribution in [2.45, 2.75) is 39.2 Å². The van der Waals surface area contributed by atoms with Gasteiger partial charge in [-0.1, -0.05) is 6.42 Å². The van der Waals surface area contributed by atoms with Crippen LogP contribution in [0.5, 0.6) is 0 Å². The Kier molecular flexibility index (Phi) is 3.97. The molecule has 0 radical (unpaired) electrons. The molecule has 1 aliphatic carbocycles. The van der Waals surface area contributed by atoms with Gasteiger partial charge in [0.05, 0.1) is 11.3 Å². The van der Waals surface area contributed by atoms with Crippen molar-refractivity contribution in [1.29, 1.82) is 0 Å². The van der Waals surface area contributed by atoms with Gasteiger partial charge in [0.1, 0.15) is 0 Å². The van der Waals surface area contributed by atoms with Gasteiger partial charge in [0.25, 0.3) is 5.91 Å². The highest BCUT2D eigenvalue weighted by Crippen LogP contribution is 2.23. The molecule has 0 aliphatic heterocycles. The Balaban J connectivity index is 1.95. The van der Waals surface area contributed by atoms with Crippen LogP contribution in [0.25, 0.3) is 0 Å². The Labute approximate surface area is 108 Å². The van der Waals surface area contributed by atoms with Gasteiger partial charge in [-0.15, -0.1) is 0 Å². The first-order valence-electron chi connectivity index (χ1n) is 6.56. The van der Waals surface area contributed by atoms with Gasteiger partial charge >= 0.3 is 0 Å². The first-order valence-corrected chi connectivity index (χ1v) is 6.56. The average molecular weight is 247 g/mol. The molecule has 3 N–H and O–H groups in total. The fourth-order valence-electron chi connectivity index (χ4n) is 2.56. The van der Waals surface area contributed by atoms with Crippen molar-refractivity contribution in [2.75, 3.05) is 6.54 Å². The highest BCUT2D eigenvalue weighted by Gasteiger charge is 2.24. The zero-order chi connectivity index (χ0) is 13.1. The van der Waals surface area contributed by atoms with Gasteiger partial charge in [-0.3, -0.25) is 9.78 Å². The summed E-state index contributed by atoms with van der Waals surface area (Å²) in [5.74, 6) is 0.381. The minimum Gasteiger partial charge on any atom is -0.352 e. The van der Waals surface area contributed by atoms with Crippen LogP contribution in [0.15, 0.2) is 12.1 Å². The topological polar surface area (TPSA) is 68.0 Å². The summed E-state index contributed by atoms with van der Waals surface area (Å²) in [7, 11) is 0. The number of hydrogen-bond acceptors (Lipinski definition) is 3. The van der Waals surface area contributed by atoms with E-state index in [1.165, 1.54) is 6.42 Å². The molecule has 4 heteroatoms. The largest absolute Gasteiger partial charge is 0.352 e. The van der Waals surface area contributed by atoms with Crippen molar-refractivity contribution in [1.82, 2.24) is 10.3 Å². The minimum absolute atomic E-state index is 0.0425. The molecule has 4 nitrogen and oxygen atoms in total. The van der Waals surface area contributed by atoms with Crippen LogP contribution in [-0.2, 0) is 0 Å². The molecule has 0 spiro atoms. The number of pyridine rings is 1. The fourth-order valence-corrected chi connectivity index (χ4v) is 2.56. The zero-order valence-corrected chi connectivity index (χ0v) is 11.1. The average Bonchev–Trinajstić information content (AvgIpc) is 2.72. The van der Waals surface area contributed by atoms with Gasteiger partial charge in [-0.25, -0.2) is 0 Å². The van der Waals surface area contributed by atoms with Gasteiger partial charge in [0.2, 0.25) is 0 Å². The standard InChI is InChI=1S/C14H21N3O/c1-9-6-7-12(10(2)17-9)14(18)16-8-11-4-3-5-13(11)15/h6-7,11,13H,3-5,8,15H2,1-2H3,(H,16,18). The quantitative estimate of drug-likeness (QED) is 0.851. The maximum absolute atomic E-state index is 12.0. The Morgan fingerprint density at radius 3 is 2.83 bits per heavy atom. The van der Waals surface area contributed by atoms with Crippen LogP contribution >= 0.6 is 0 Å². The van der Waals surface area contributed by atoms with Crippen LogP contribution in [0.4, 0.5) is 0 Å². The second-order valence-electron chi connectivity index (χ2n) is 5.15. The van der Waals surface area contributed by atoms with Gasteiger partial charge in [-0.05, 0) is 44.7 Å². The Bertz CT molecular complexity index is 445. The molecule has 98 valence electrons. The third-order valence-electron chi connectivity index (χ3n) is 3.71. The van der Waals surface area contributed by atoms with Crippen molar-refractivity contribution < 1.29 is 4.79 Å². The summed E-state index contributed by atoms with van der Waals surface area (Å²) in [4.78, 5) is 16.4. The molecular formula is C14H21N3O. The predicted octanol–water partition coefficient (Wildman–Crippen LogP) is 1.56. The number of aryl methyl sites for hydroxylation is 2. The third kappa shape index (κ3) is 2.88.